The minimum atomic E-state index is -0.0897. The predicted molar refractivity (Wildman–Crippen MR) is 116 cm³/mol. The monoisotopic (exact) mass is 423 g/mol. The second kappa shape index (κ2) is 9.86. The number of thiazole rings is 1. The number of hydrogen-bond donors (Lipinski definition) is 0. The maximum Gasteiger partial charge on any atom is 0.278 e. The Morgan fingerprint density at radius 2 is 1.96 bits per heavy atom. The first-order valence-electron chi connectivity index (χ1n) is 9.04. The van der Waals surface area contributed by atoms with Crippen molar-refractivity contribution in [1.82, 2.24) is 19.7 Å². The number of hydrogen-bond acceptors (Lipinski definition) is 6. The number of nitrogens with zero attached hydrogens (tertiary/aromatic N) is 5. The summed E-state index contributed by atoms with van der Waals surface area (Å²) in [5.74, 6) is 0.693. The maximum atomic E-state index is 13.2. The first-order chi connectivity index (χ1) is 13.1. The van der Waals surface area contributed by atoms with Crippen LogP contribution in [0.15, 0.2) is 30.5 Å². The zero-order chi connectivity index (χ0) is 19.4. The van der Waals surface area contributed by atoms with Crippen LogP contribution in [0.1, 0.15) is 24.3 Å². The van der Waals surface area contributed by atoms with Gasteiger partial charge >= 0.3 is 0 Å². The van der Waals surface area contributed by atoms with Gasteiger partial charge < -0.3 is 9.64 Å². The Bertz CT molecular complexity index is 922. The fourth-order valence-electron chi connectivity index (χ4n) is 2.92. The lowest BCUT2D eigenvalue weighted by Gasteiger charge is -2.24. The average Bonchev–Trinajstić information content (AvgIpc) is 3.30. The number of carbonyl (C=O) groups is 1. The standard InChI is InChI=1S/C19H25N5O2S.ClH/c1-5-23(6-2)11-12-24(18(25)16-9-10-20-22(16)3)19-21-15-8-7-14(26-4)13-17(15)27-19;/h7-10,13H,5-6,11-12H2,1-4H3;1H. The minimum Gasteiger partial charge on any atom is -0.497 e. The Kier molecular flexibility index (Phi) is 7.79. The Labute approximate surface area is 175 Å². The smallest absolute Gasteiger partial charge is 0.278 e. The fourth-order valence-corrected chi connectivity index (χ4v) is 3.94. The van der Waals surface area contributed by atoms with E-state index in [2.05, 4.69) is 23.8 Å². The number of ether oxygens (including phenoxy) is 1. The number of methoxy groups -OCH3 is 1. The fraction of sp³-hybridized carbons (Fsp3) is 0.421. The van der Waals surface area contributed by atoms with Crippen LogP contribution < -0.4 is 9.64 Å². The quantitative estimate of drug-likeness (QED) is 0.555. The Balaban J connectivity index is 0.00000280. The molecule has 0 saturated heterocycles. The van der Waals surface area contributed by atoms with Gasteiger partial charge in [0, 0.05) is 26.3 Å². The van der Waals surface area contributed by atoms with Crippen molar-refractivity contribution in [3.8, 4) is 5.75 Å². The second-order valence-electron chi connectivity index (χ2n) is 6.15. The lowest BCUT2D eigenvalue weighted by molar-refractivity contribution is 0.0974. The molecule has 0 saturated carbocycles. The molecule has 0 radical (unpaired) electrons. The summed E-state index contributed by atoms with van der Waals surface area (Å²) in [7, 11) is 3.42. The molecule has 0 aliphatic rings. The van der Waals surface area contributed by atoms with E-state index in [4.69, 9.17) is 9.72 Å². The molecule has 1 amide bonds. The Morgan fingerprint density at radius 3 is 2.57 bits per heavy atom. The number of rotatable bonds is 8. The van der Waals surface area contributed by atoms with Gasteiger partial charge in [-0.25, -0.2) is 4.98 Å². The maximum absolute atomic E-state index is 13.2. The molecule has 0 atom stereocenters. The number of aryl methyl sites for hydroxylation is 1. The van der Waals surface area contributed by atoms with Crippen molar-refractivity contribution >= 4 is 45.0 Å². The van der Waals surface area contributed by atoms with Gasteiger partial charge in [-0.2, -0.15) is 5.10 Å². The van der Waals surface area contributed by atoms with Gasteiger partial charge in [0.1, 0.15) is 11.4 Å². The molecule has 0 bridgehead atoms. The first-order valence-corrected chi connectivity index (χ1v) is 9.85. The van der Waals surface area contributed by atoms with E-state index < -0.39 is 0 Å². The molecule has 3 aromatic rings. The molecule has 7 nitrogen and oxygen atoms in total. The van der Waals surface area contributed by atoms with Crippen molar-refractivity contribution in [3.63, 3.8) is 0 Å². The van der Waals surface area contributed by atoms with Crippen LogP contribution >= 0.6 is 23.7 Å². The molecule has 0 spiro atoms. The molecular formula is C19H26ClN5O2S. The molecule has 1 aromatic carbocycles. The number of fused-ring (bicyclic) bond motifs is 1. The number of carbonyl (C=O) groups excluding carboxylic acids is 1. The summed E-state index contributed by atoms with van der Waals surface area (Å²) in [4.78, 5) is 22.0. The zero-order valence-corrected chi connectivity index (χ0v) is 18.2. The highest BCUT2D eigenvalue weighted by atomic mass is 35.5. The molecule has 0 unspecified atom stereocenters. The summed E-state index contributed by atoms with van der Waals surface area (Å²) < 4.78 is 7.90. The predicted octanol–water partition coefficient (Wildman–Crippen LogP) is 3.45. The molecule has 0 aliphatic carbocycles. The third-order valence-corrected chi connectivity index (χ3v) is 5.68. The van der Waals surface area contributed by atoms with Crippen molar-refractivity contribution in [2.75, 3.05) is 38.2 Å². The average molecular weight is 424 g/mol. The molecule has 3 rings (SSSR count). The van der Waals surface area contributed by atoms with Crippen LogP contribution in [0.4, 0.5) is 5.13 Å². The van der Waals surface area contributed by atoms with E-state index >= 15 is 0 Å². The number of aromatic nitrogens is 3. The van der Waals surface area contributed by atoms with Gasteiger partial charge in [-0.1, -0.05) is 25.2 Å². The molecule has 28 heavy (non-hydrogen) atoms. The SMILES string of the molecule is CCN(CC)CCN(C(=O)c1ccnn1C)c1nc2ccc(OC)cc2s1.Cl. The van der Waals surface area contributed by atoms with E-state index in [9.17, 15) is 4.79 Å². The van der Waals surface area contributed by atoms with Crippen LogP contribution in [0.2, 0.25) is 0 Å². The molecular weight excluding hydrogens is 398 g/mol. The van der Waals surface area contributed by atoms with Crippen molar-refractivity contribution in [2.45, 2.75) is 13.8 Å². The molecule has 2 aromatic heterocycles. The van der Waals surface area contributed by atoms with Crippen molar-refractivity contribution in [2.24, 2.45) is 7.05 Å². The van der Waals surface area contributed by atoms with E-state index in [1.54, 1.807) is 36.0 Å². The minimum absolute atomic E-state index is 0. The van der Waals surface area contributed by atoms with E-state index in [0.29, 0.717) is 17.4 Å². The third-order valence-electron chi connectivity index (χ3n) is 4.63. The molecule has 9 heteroatoms. The highest BCUT2D eigenvalue weighted by Crippen LogP contribution is 2.32. The van der Waals surface area contributed by atoms with E-state index in [1.165, 1.54) is 11.3 Å². The van der Waals surface area contributed by atoms with Gasteiger partial charge in [-0.05, 0) is 37.4 Å². The summed E-state index contributed by atoms with van der Waals surface area (Å²) in [6.07, 6.45) is 1.64. The van der Waals surface area contributed by atoms with Crippen LogP contribution in [0.3, 0.4) is 0 Å². The molecule has 0 N–H and O–H groups in total. The number of anilines is 1. The topological polar surface area (TPSA) is 63.5 Å². The van der Waals surface area contributed by atoms with Gasteiger partial charge in [0.15, 0.2) is 5.13 Å². The lowest BCUT2D eigenvalue weighted by Crippen LogP contribution is -2.39. The van der Waals surface area contributed by atoms with Gasteiger partial charge in [0.05, 0.1) is 17.3 Å². The first kappa shape index (κ1) is 22.1. The zero-order valence-electron chi connectivity index (χ0n) is 16.6. The van der Waals surface area contributed by atoms with Crippen LogP contribution in [-0.2, 0) is 7.05 Å². The molecule has 152 valence electrons. The third kappa shape index (κ3) is 4.63. The van der Waals surface area contributed by atoms with Gasteiger partial charge in [0.2, 0.25) is 0 Å². The number of halogens is 1. The van der Waals surface area contributed by atoms with E-state index in [1.807, 2.05) is 18.2 Å². The van der Waals surface area contributed by atoms with Crippen LogP contribution in [0.5, 0.6) is 5.75 Å². The molecule has 2 heterocycles. The summed E-state index contributed by atoms with van der Waals surface area (Å²) >= 11 is 1.50. The van der Waals surface area contributed by atoms with Crippen LogP contribution in [-0.4, -0.2) is 58.9 Å². The van der Waals surface area contributed by atoms with Gasteiger partial charge in [-0.15, -0.1) is 12.4 Å². The van der Waals surface area contributed by atoms with Crippen molar-refractivity contribution in [3.05, 3.63) is 36.2 Å². The number of benzene rings is 1. The highest BCUT2D eigenvalue weighted by Gasteiger charge is 2.24. The van der Waals surface area contributed by atoms with Crippen LogP contribution in [0.25, 0.3) is 10.2 Å². The summed E-state index contributed by atoms with van der Waals surface area (Å²) in [6.45, 7) is 7.50. The molecule has 0 aliphatic heterocycles. The van der Waals surface area contributed by atoms with Gasteiger partial charge in [0.25, 0.3) is 5.91 Å². The summed E-state index contributed by atoms with van der Waals surface area (Å²) in [6, 6.07) is 7.50. The van der Waals surface area contributed by atoms with Crippen molar-refractivity contribution in [1.29, 1.82) is 0 Å². The Morgan fingerprint density at radius 1 is 1.21 bits per heavy atom. The van der Waals surface area contributed by atoms with E-state index in [-0.39, 0.29) is 18.3 Å². The van der Waals surface area contributed by atoms with Gasteiger partial charge in [-0.3, -0.25) is 14.4 Å². The number of likely N-dealkylation sites (N-methyl/N-ethyl adjacent to an activating group) is 1. The van der Waals surface area contributed by atoms with Crippen LogP contribution in [0, 0.1) is 0 Å². The second-order valence-corrected chi connectivity index (χ2v) is 7.16. The van der Waals surface area contributed by atoms with E-state index in [0.717, 1.165) is 35.6 Å². The van der Waals surface area contributed by atoms with Crippen molar-refractivity contribution < 1.29 is 9.53 Å². The molecule has 0 fully saturated rings. The summed E-state index contributed by atoms with van der Waals surface area (Å²) in [5, 5.41) is 4.82. The Hall–Kier alpha value is -2.16. The highest BCUT2D eigenvalue weighted by molar-refractivity contribution is 7.22. The summed E-state index contributed by atoms with van der Waals surface area (Å²) in [5.41, 5.74) is 1.41. The number of amides is 1. The lowest BCUT2D eigenvalue weighted by atomic mass is 10.3. The normalized spacial score (nSPS) is 10.9. The largest absolute Gasteiger partial charge is 0.497 e.